The standard InChI is InChI=1S/C12H19N2O3/c1-4-12(15)17-10-9-16-8-7-14-6-5-13(3)11(14)2/h4-6H,1,7-10H2,2-3H3/q+1. The van der Waals surface area contributed by atoms with Gasteiger partial charge in [0.15, 0.2) is 0 Å². The smallest absolute Gasteiger partial charge is 0.330 e. The summed E-state index contributed by atoms with van der Waals surface area (Å²) in [5.41, 5.74) is 0. The number of imidazole rings is 1. The first-order valence-corrected chi connectivity index (χ1v) is 5.53. The van der Waals surface area contributed by atoms with Crippen LogP contribution in [-0.2, 0) is 27.9 Å². The van der Waals surface area contributed by atoms with Crippen molar-refractivity contribution in [1.82, 2.24) is 4.57 Å². The summed E-state index contributed by atoms with van der Waals surface area (Å²) in [4.78, 5) is 10.7. The molecule has 0 spiro atoms. The molecule has 1 aromatic heterocycles. The molecule has 17 heavy (non-hydrogen) atoms. The fourth-order valence-corrected chi connectivity index (χ4v) is 1.36. The third kappa shape index (κ3) is 4.40. The summed E-state index contributed by atoms with van der Waals surface area (Å²) in [5, 5.41) is 0. The van der Waals surface area contributed by atoms with Crippen LogP contribution in [0.25, 0.3) is 0 Å². The molecule has 1 aromatic rings. The molecule has 94 valence electrons. The summed E-state index contributed by atoms with van der Waals surface area (Å²) < 4.78 is 14.3. The molecule has 0 bridgehead atoms. The molecule has 0 fully saturated rings. The first-order valence-electron chi connectivity index (χ1n) is 5.53. The molecule has 0 aliphatic carbocycles. The van der Waals surface area contributed by atoms with E-state index in [-0.39, 0.29) is 6.61 Å². The van der Waals surface area contributed by atoms with Gasteiger partial charge in [-0.2, -0.15) is 0 Å². The molecule has 5 nitrogen and oxygen atoms in total. The lowest BCUT2D eigenvalue weighted by Gasteiger charge is -2.03. The van der Waals surface area contributed by atoms with E-state index in [1.807, 2.05) is 30.9 Å². The Morgan fingerprint density at radius 1 is 1.53 bits per heavy atom. The zero-order chi connectivity index (χ0) is 12.7. The highest BCUT2D eigenvalue weighted by Gasteiger charge is 2.07. The van der Waals surface area contributed by atoms with Gasteiger partial charge >= 0.3 is 5.97 Å². The first kappa shape index (κ1) is 13.4. The largest absolute Gasteiger partial charge is 0.460 e. The van der Waals surface area contributed by atoms with Crippen LogP contribution in [0.4, 0.5) is 0 Å². The summed E-state index contributed by atoms with van der Waals surface area (Å²) in [7, 11) is 2.00. The van der Waals surface area contributed by atoms with Crippen LogP contribution in [0, 0.1) is 6.92 Å². The molecule has 1 heterocycles. The Bertz CT molecular complexity index is 385. The van der Waals surface area contributed by atoms with Crippen molar-refractivity contribution in [2.45, 2.75) is 13.5 Å². The number of aromatic nitrogens is 2. The van der Waals surface area contributed by atoms with E-state index in [9.17, 15) is 4.79 Å². The predicted molar refractivity (Wildman–Crippen MR) is 62.3 cm³/mol. The molecule has 0 unspecified atom stereocenters. The molecule has 0 aliphatic rings. The van der Waals surface area contributed by atoms with Crippen LogP contribution in [0.2, 0.25) is 0 Å². The van der Waals surface area contributed by atoms with E-state index in [0.717, 1.165) is 12.6 Å². The van der Waals surface area contributed by atoms with Crippen molar-refractivity contribution in [2.75, 3.05) is 19.8 Å². The molecule has 0 radical (unpaired) electrons. The number of rotatable bonds is 7. The molecular weight excluding hydrogens is 220 g/mol. The Hall–Kier alpha value is -1.62. The van der Waals surface area contributed by atoms with Gasteiger partial charge in [-0.05, 0) is 0 Å². The van der Waals surface area contributed by atoms with E-state index in [0.29, 0.717) is 13.2 Å². The molecule has 0 amide bonds. The number of hydrogen-bond donors (Lipinski definition) is 0. The van der Waals surface area contributed by atoms with E-state index < -0.39 is 5.97 Å². The Labute approximate surface area is 101 Å². The highest BCUT2D eigenvalue weighted by atomic mass is 16.6. The van der Waals surface area contributed by atoms with Gasteiger partial charge in [-0.1, -0.05) is 6.58 Å². The predicted octanol–water partition coefficient (Wildman–Crippen LogP) is 0.367. The summed E-state index contributed by atoms with van der Waals surface area (Å²) in [5.74, 6) is 0.758. The highest BCUT2D eigenvalue weighted by molar-refractivity contribution is 5.81. The molecule has 1 rings (SSSR count). The fraction of sp³-hybridized carbons (Fsp3) is 0.500. The van der Waals surface area contributed by atoms with Gasteiger partial charge in [0.1, 0.15) is 25.5 Å². The van der Waals surface area contributed by atoms with Crippen LogP contribution in [0.15, 0.2) is 25.0 Å². The van der Waals surface area contributed by atoms with Gasteiger partial charge in [-0.25, -0.2) is 13.9 Å². The number of hydrogen-bond acceptors (Lipinski definition) is 3. The van der Waals surface area contributed by atoms with E-state index in [1.165, 1.54) is 5.82 Å². The summed E-state index contributed by atoms with van der Waals surface area (Å²) in [6, 6.07) is 0. The second kappa shape index (κ2) is 6.85. The van der Waals surface area contributed by atoms with Crippen molar-refractivity contribution in [2.24, 2.45) is 7.05 Å². The number of carbonyl (C=O) groups is 1. The molecular formula is C12H19N2O3+. The molecule has 0 saturated heterocycles. The monoisotopic (exact) mass is 239 g/mol. The first-order chi connectivity index (χ1) is 8.15. The molecule has 0 atom stereocenters. The third-order valence-corrected chi connectivity index (χ3v) is 2.51. The summed E-state index contributed by atoms with van der Waals surface area (Å²) in [6.45, 7) is 7.42. The van der Waals surface area contributed by atoms with Crippen molar-refractivity contribution in [3.05, 3.63) is 30.9 Å². The van der Waals surface area contributed by atoms with Gasteiger partial charge in [0.25, 0.3) is 5.82 Å². The number of nitrogens with zero attached hydrogens (tertiary/aromatic N) is 2. The van der Waals surface area contributed by atoms with Crippen LogP contribution in [0.3, 0.4) is 0 Å². The van der Waals surface area contributed by atoms with Crippen LogP contribution in [0.5, 0.6) is 0 Å². The minimum absolute atomic E-state index is 0.267. The average molecular weight is 239 g/mol. The average Bonchev–Trinajstić information content (AvgIpc) is 2.64. The van der Waals surface area contributed by atoms with Crippen molar-refractivity contribution >= 4 is 5.97 Å². The van der Waals surface area contributed by atoms with Crippen LogP contribution < -0.4 is 4.57 Å². The zero-order valence-corrected chi connectivity index (χ0v) is 10.4. The summed E-state index contributed by atoms with van der Waals surface area (Å²) >= 11 is 0. The zero-order valence-electron chi connectivity index (χ0n) is 10.4. The second-order valence-corrected chi connectivity index (χ2v) is 3.63. The lowest BCUT2D eigenvalue weighted by molar-refractivity contribution is -0.677. The lowest BCUT2D eigenvalue weighted by Crippen LogP contribution is -2.30. The molecule has 5 heteroatoms. The van der Waals surface area contributed by atoms with Gasteiger partial charge in [0.05, 0.1) is 20.3 Å². The molecule has 0 N–H and O–H groups in total. The summed E-state index contributed by atoms with van der Waals surface area (Å²) in [6.07, 6.45) is 5.15. The van der Waals surface area contributed by atoms with Gasteiger partial charge in [0.2, 0.25) is 0 Å². The van der Waals surface area contributed by atoms with E-state index in [1.54, 1.807) is 0 Å². The Balaban J connectivity index is 2.10. The van der Waals surface area contributed by atoms with Crippen molar-refractivity contribution in [3.8, 4) is 0 Å². The van der Waals surface area contributed by atoms with Gasteiger partial charge in [-0.3, -0.25) is 0 Å². The highest BCUT2D eigenvalue weighted by Crippen LogP contribution is 1.92. The van der Waals surface area contributed by atoms with Crippen LogP contribution in [-0.4, -0.2) is 30.4 Å². The van der Waals surface area contributed by atoms with Gasteiger partial charge in [-0.15, -0.1) is 0 Å². The van der Waals surface area contributed by atoms with Gasteiger partial charge in [0, 0.05) is 13.0 Å². The van der Waals surface area contributed by atoms with E-state index >= 15 is 0 Å². The van der Waals surface area contributed by atoms with Crippen molar-refractivity contribution in [3.63, 3.8) is 0 Å². The molecule has 0 aliphatic heterocycles. The minimum Gasteiger partial charge on any atom is -0.460 e. The minimum atomic E-state index is -0.415. The quantitative estimate of drug-likeness (QED) is 0.299. The maximum absolute atomic E-state index is 10.7. The maximum Gasteiger partial charge on any atom is 0.330 e. The maximum atomic E-state index is 10.7. The number of ether oxygens (including phenoxy) is 2. The molecule has 0 saturated carbocycles. The third-order valence-electron chi connectivity index (χ3n) is 2.51. The second-order valence-electron chi connectivity index (χ2n) is 3.63. The van der Waals surface area contributed by atoms with E-state index in [4.69, 9.17) is 9.47 Å². The Morgan fingerprint density at radius 2 is 2.29 bits per heavy atom. The lowest BCUT2D eigenvalue weighted by atomic mass is 10.6. The van der Waals surface area contributed by atoms with Crippen molar-refractivity contribution in [1.29, 1.82) is 0 Å². The normalized spacial score (nSPS) is 10.2. The Morgan fingerprint density at radius 3 is 2.88 bits per heavy atom. The number of aryl methyl sites for hydroxylation is 1. The molecule has 0 aromatic carbocycles. The number of esters is 1. The fourth-order valence-electron chi connectivity index (χ4n) is 1.36. The van der Waals surface area contributed by atoms with Gasteiger partial charge < -0.3 is 9.47 Å². The van der Waals surface area contributed by atoms with Crippen LogP contribution >= 0.6 is 0 Å². The SMILES string of the molecule is C=CC(=O)OCCOCCn1cc[n+](C)c1C. The van der Waals surface area contributed by atoms with Crippen molar-refractivity contribution < 1.29 is 18.8 Å². The van der Waals surface area contributed by atoms with Crippen LogP contribution in [0.1, 0.15) is 5.82 Å². The van der Waals surface area contributed by atoms with E-state index in [2.05, 4.69) is 11.1 Å². The Kier molecular flexibility index (Phi) is 5.42. The topological polar surface area (TPSA) is 44.3 Å². The number of carbonyl (C=O) groups excluding carboxylic acids is 1.